The van der Waals surface area contributed by atoms with Crippen LogP contribution in [0, 0.1) is 22.7 Å². The van der Waals surface area contributed by atoms with Crippen molar-refractivity contribution in [3.05, 3.63) is 0 Å². The summed E-state index contributed by atoms with van der Waals surface area (Å²) in [5, 5.41) is 3.62. The summed E-state index contributed by atoms with van der Waals surface area (Å²) in [6.45, 7) is 11.6. The standard InChI is InChI=1S/C17H31NO/c1-5-18-14(12-6-7-12)11-19-15-10-13-8-9-17(15,4)16(13,2)3/h12-15,18H,5-11H2,1-4H3. The van der Waals surface area contributed by atoms with E-state index in [4.69, 9.17) is 4.74 Å². The Kier molecular flexibility index (Phi) is 3.46. The summed E-state index contributed by atoms with van der Waals surface area (Å²) in [4.78, 5) is 0. The predicted octanol–water partition coefficient (Wildman–Crippen LogP) is 3.61. The van der Waals surface area contributed by atoms with E-state index in [0.717, 1.165) is 25.0 Å². The summed E-state index contributed by atoms with van der Waals surface area (Å²) >= 11 is 0. The molecular weight excluding hydrogens is 234 g/mol. The lowest BCUT2D eigenvalue weighted by Gasteiger charge is -2.39. The van der Waals surface area contributed by atoms with Gasteiger partial charge in [0.15, 0.2) is 0 Å². The van der Waals surface area contributed by atoms with Gasteiger partial charge in [0, 0.05) is 6.04 Å². The highest BCUT2D eigenvalue weighted by molar-refractivity contribution is 5.11. The number of hydrogen-bond donors (Lipinski definition) is 1. The Morgan fingerprint density at radius 1 is 1.21 bits per heavy atom. The van der Waals surface area contributed by atoms with Gasteiger partial charge in [-0.3, -0.25) is 0 Å². The predicted molar refractivity (Wildman–Crippen MR) is 79.2 cm³/mol. The summed E-state index contributed by atoms with van der Waals surface area (Å²) in [5.41, 5.74) is 0.892. The van der Waals surface area contributed by atoms with Gasteiger partial charge in [-0.05, 0) is 61.3 Å². The zero-order chi connectivity index (χ0) is 13.7. The van der Waals surface area contributed by atoms with Gasteiger partial charge in [0.2, 0.25) is 0 Å². The molecule has 0 aliphatic heterocycles. The monoisotopic (exact) mass is 265 g/mol. The molecular formula is C17H31NO. The average molecular weight is 265 g/mol. The molecule has 0 aromatic carbocycles. The van der Waals surface area contributed by atoms with Crippen LogP contribution in [0.3, 0.4) is 0 Å². The number of ether oxygens (including phenoxy) is 1. The number of hydrogen-bond acceptors (Lipinski definition) is 2. The van der Waals surface area contributed by atoms with Crippen LogP contribution in [-0.2, 0) is 4.74 Å². The molecule has 4 atom stereocenters. The molecule has 0 heterocycles. The van der Waals surface area contributed by atoms with Crippen molar-refractivity contribution in [3.8, 4) is 0 Å². The van der Waals surface area contributed by atoms with E-state index in [1.54, 1.807) is 0 Å². The molecule has 3 aliphatic rings. The van der Waals surface area contributed by atoms with E-state index < -0.39 is 0 Å². The minimum atomic E-state index is 0.415. The maximum atomic E-state index is 6.43. The van der Waals surface area contributed by atoms with Crippen molar-refractivity contribution >= 4 is 0 Å². The Morgan fingerprint density at radius 2 is 1.95 bits per heavy atom. The maximum absolute atomic E-state index is 6.43. The van der Waals surface area contributed by atoms with E-state index in [2.05, 4.69) is 33.0 Å². The first-order chi connectivity index (χ1) is 8.99. The topological polar surface area (TPSA) is 21.3 Å². The minimum Gasteiger partial charge on any atom is -0.376 e. The molecule has 3 rings (SSSR count). The first kappa shape index (κ1) is 13.9. The molecule has 2 bridgehead atoms. The summed E-state index contributed by atoms with van der Waals surface area (Å²) in [5.74, 6) is 1.78. The molecule has 4 unspecified atom stereocenters. The SMILES string of the molecule is CCNC(COC1CC2CCC1(C)C2(C)C)C1CC1. The molecule has 3 saturated carbocycles. The maximum Gasteiger partial charge on any atom is 0.0637 e. The van der Waals surface area contributed by atoms with Crippen molar-refractivity contribution in [3.63, 3.8) is 0 Å². The van der Waals surface area contributed by atoms with Crippen molar-refractivity contribution in [1.82, 2.24) is 5.32 Å². The molecule has 2 heteroatoms. The fourth-order valence-electron chi connectivity index (χ4n) is 4.72. The van der Waals surface area contributed by atoms with Crippen LogP contribution < -0.4 is 5.32 Å². The molecule has 0 spiro atoms. The molecule has 0 amide bonds. The highest BCUT2D eigenvalue weighted by atomic mass is 16.5. The van der Waals surface area contributed by atoms with Gasteiger partial charge < -0.3 is 10.1 Å². The fraction of sp³-hybridized carbons (Fsp3) is 1.00. The van der Waals surface area contributed by atoms with Gasteiger partial charge in [-0.1, -0.05) is 27.7 Å². The molecule has 3 aliphatic carbocycles. The van der Waals surface area contributed by atoms with Crippen molar-refractivity contribution in [2.45, 2.75) is 71.9 Å². The largest absolute Gasteiger partial charge is 0.376 e. The second-order valence-corrected chi connectivity index (χ2v) is 7.93. The zero-order valence-electron chi connectivity index (χ0n) is 13.2. The van der Waals surface area contributed by atoms with Crippen molar-refractivity contribution in [2.75, 3.05) is 13.2 Å². The Hall–Kier alpha value is -0.0800. The van der Waals surface area contributed by atoms with E-state index in [1.165, 1.54) is 32.1 Å². The van der Waals surface area contributed by atoms with Gasteiger partial charge in [0.25, 0.3) is 0 Å². The molecule has 0 saturated heterocycles. The Morgan fingerprint density at radius 3 is 2.42 bits per heavy atom. The highest BCUT2D eigenvalue weighted by Gasteiger charge is 2.61. The molecule has 110 valence electrons. The van der Waals surface area contributed by atoms with Crippen LogP contribution in [-0.4, -0.2) is 25.3 Å². The molecule has 1 N–H and O–H groups in total. The summed E-state index contributed by atoms with van der Waals surface area (Å²) in [7, 11) is 0. The van der Waals surface area contributed by atoms with Crippen molar-refractivity contribution < 1.29 is 4.74 Å². The van der Waals surface area contributed by atoms with Crippen molar-refractivity contribution in [1.29, 1.82) is 0 Å². The van der Waals surface area contributed by atoms with Gasteiger partial charge in [-0.2, -0.15) is 0 Å². The summed E-state index contributed by atoms with van der Waals surface area (Å²) in [6, 6.07) is 0.607. The zero-order valence-corrected chi connectivity index (χ0v) is 13.2. The van der Waals surface area contributed by atoms with Crippen LogP contribution in [0.25, 0.3) is 0 Å². The third kappa shape index (κ3) is 2.15. The van der Waals surface area contributed by atoms with Crippen LogP contribution in [0.4, 0.5) is 0 Å². The van der Waals surface area contributed by atoms with Crippen LogP contribution >= 0.6 is 0 Å². The second-order valence-electron chi connectivity index (χ2n) is 7.93. The van der Waals surface area contributed by atoms with Gasteiger partial charge in [-0.25, -0.2) is 0 Å². The highest BCUT2D eigenvalue weighted by Crippen LogP contribution is 2.66. The number of likely N-dealkylation sites (N-methyl/N-ethyl adjacent to an activating group) is 1. The second kappa shape index (κ2) is 4.73. The van der Waals surface area contributed by atoms with E-state index >= 15 is 0 Å². The quantitative estimate of drug-likeness (QED) is 0.792. The van der Waals surface area contributed by atoms with Crippen LogP contribution in [0.1, 0.15) is 59.8 Å². The Balaban J connectivity index is 1.59. The minimum absolute atomic E-state index is 0.415. The fourth-order valence-corrected chi connectivity index (χ4v) is 4.72. The van der Waals surface area contributed by atoms with E-state index in [-0.39, 0.29) is 0 Å². The van der Waals surface area contributed by atoms with Gasteiger partial charge >= 0.3 is 0 Å². The lowest BCUT2D eigenvalue weighted by Crippen LogP contribution is -2.41. The smallest absolute Gasteiger partial charge is 0.0637 e. The molecule has 0 aromatic rings. The van der Waals surface area contributed by atoms with E-state index in [0.29, 0.717) is 23.0 Å². The van der Waals surface area contributed by atoms with Crippen LogP contribution in [0.2, 0.25) is 0 Å². The molecule has 0 aromatic heterocycles. The molecule has 19 heavy (non-hydrogen) atoms. The normalized spacial score (nSPS) is 41.7. The average Bonchev–Trinajstić information content (AvgIpc) is 3.14. The Bertz CT molecular complexity index is 336. The van der Waals surface area contributed by atoms with Crippen molar-refractivity contribution in [2.24, 2.45) is 22.7 Å². The van der Waals surface area contributed by atoms with E-state index in [9.17, 15) is 0 Å². The van der Waals surface area contributed by atoms with Crippen LogP contribution in [0.5, 0.6) is 0 Å². The molecule has 3 fully saturated rings. The first-order valence-electron chi connectivity index (χ1n) is 8.34. The first-order valence-corrected chi connectivity index (χ1v) is 8.34. The lowest BCUT2D eigenvalue weighted by molar-refractivity contribution is -0.0549. The van der Waals surface area contributed by atoms with Gasteiger partial charge in [0.1, 0.15) is 0 Å². The third-order valence-corrected chi connectivity index (χ3v) is 6.85. The summed E-state index contributed by atoms with van der Waals surface area (Å²) < 4.78 is 6.43. The van der Waals surface area contributed by atoms with Gasteiger partial charge in [0.05, 0.1) is 12.7 Å². The number of nitrogens with one attached hydrogen (secondary N) is 1. The number of rotatable bonds is 6. The Labute approximate surface area is 118 Å². The lowest BCUT2D eigenvalue weighted by atomic mass is 9.70. The van der Waals surface area contributed by atoms with E-state index in [1.807, 2.05) is 0 Å². The third-order valence-electron chi connectivity index (χ3n) is 6.85. The molecule has 2 nitrogen and oxygen atoms in total. The molecule has 0 radical (unpaired) electrons. The van der Waals surface area contributed by atoms with Gasteiger partial charge in [-0.15, -0.1) is 0 Å². The van der Waals surface area contributed by atoms with Crippen LogP contribution in [0.15, 0.2) is 0 Å². The summed E-state index contributed by atoms with van der Waals surface area (Å²) in [6.07, 6.45) is 7.38. The number of fused-ring (bicyclic) bond motifs is 2.